The summed E-state index contributed by atoms with van der Waals surface area (Å²) in [5, 5.41) is 2.75. The minimum atomic E-state index is -0.711. The second-order valence-electron chi connectivity index (χ2n) is 14.9. The number of rotatable bonds is 10. The number of carbonyl (C=O) groups is 4. The SMILES string of the molecule is CO[C@H]1[C@H](C2(C)O[C@@H]2CC=C(C)C)[C@]2(CC[C@H]1OC(=O)N1CC3CC1CN3C(=O)[C@H](C)NC(=O)CCC(=O)C(C)(C)C)CO2. The van der Waals surface area contributed by atoms with E-state index in [0.29, 0.717) is 32.5 Å². The number of Topliss-reactive ketones (excluding diaryl/α,β-unsaturated/α-hetero) is 1. The van der Waals surface area contributed by atoms with Gasteiger partial charge in [-0.2, -0.15) is 0 Å². The number of ether oxygens (including phenoxy) is 4. The van der Waals surface area contributed by atoms with E-state index in [9.17, 15) is 19.2 Å². The van der Waals surface area contributed by atoms with Gasteiger partial charge in [-0.05, 0) is 53.4 Å². The number of amides is 3. The predicted molar refractivity (Wildman–Crippen MR) is 162 cm³/mol. The Kier molecular flexibility index (Phi) is 8.98. The summed E-state index contributed by atoms with van der Waals surface area (Å²) < 4.78 is 24.5. The standard InChI is InChI=1S/C33H51N3O8/c1-19(2)9-11-25-32(7,44-25)28-27(41-8)23(13-14-33(28)18-42-33)43-30(40)36-17-21-15-22(36)16-35(21)29(39)20(3)34-26(38)12-10-24(37)31(4,5)6/h9,20-23,25,27-28H,10-18H2,1-8H3,(H,34,38)/t20-,21?,22?,23+,25+,27+,28+,32?,33-/m0/s1. The van der Waals surface area contributed by atoms with Crippen molar-refractivity contribution in [3.05, 3.63) is 11.6 Å². The van der Waals surface area contributed by atoms with Gasteiger partial charge in [-0.25, -0.2) is 4.79 Å². The molecule has 3 unspecified atom stereocenters. The van der Waals surface area contributed by atoms with Crippen LogP contribution < -0.4 is 5.32 Å². The molecule has 4 heterocycles. The first-order chi connectivity index (χ1) is 20.6. The molecule has 1 spiro atoms. The Hall–Kier alpha value is -2.50. The molecule has 1 aliphatic carbocycles. The van der Waals surface area contributed by atoms with Crippen LogP contribution in [0.4, 0.5) is 4.79 Å². The molecule has 44 heavy (non-hydrogen) atoms. The maximum atomic E-state index is 13.5. The lowest BCUT2D eigenvalue weighted by Crippen LogP contribution is -2.58. The molecule has 11 heteroatoms. The maximum Gasteiger partial charge on any atom is 0.410 e. The summed E-state index contributed by atoms with van der Waals surface area (Å²) in [6, 6.07) is -0.978. The molecule has 2 bridgehead atoms. The van der Waals surface area contributed by atoms with Crippen molar-refractivity contribution in [2.75, 3.05) is 26.8 Å². The fourth-order valence-electron chi connectivity index (χ4n) is 7.65. The van der Waals surface area contributed by atoms with Crippen molar-refractivity contribution in [2.24, 2.45) is 11.3 Å². The molecule has 1 N–H and O–H groups in total. The van der Waals surface area contributed by atoms with Crippen molar-refractivity contribution in [2.45, 2.75) is 135 Å². The highest BCUT2D eigenvalue weighted by Crippen LogP contribution is 2.59. The Morgan fingerprint density at radius 2 is 1.75 bits per heavy atom. The van der Waals surface area contributed by atoms with Crippen LogP contribution in [0, 0.1) is 11.3 Å². The number of carbonyl (C=O) groups excluding carboxylic acids is 4. The molecule has 0 radical (unpaired) electrons. The highest BCUT2D eigenvalue weighted by atomic mass is 16.6. The summed E-state index contributed by atoms with van der Waals surface area (Å²) in [6.07, 6.45) is 4.26. The number of allylic oxidation sites excluding steroid dienone is 1. The normalized spacial score (nSPS) is 36.2. The number of methoxy groups -OCH3 is 1. The van der Waals surface area contributed by atoms with Crippen LogP contribution in [0.3, 0.4) is 0 Å². The van der Waals surface area contributed by atoms with Gasteiger partial charge in [-0.1, -0.05) is 32.4 Å². The van der Waals surface area contributed by atoms with Gasteiger partial charge in [0, 0.05) is 38.5 Å². The van der Waals surface area contributed by atoms with Crippen molar-refractivity contribution in [1.29, 1.82) is 0 Å². The van der Waals surface area contributed by atoms with Gasteiger partial charge < -0.3 is 34.1 Å². The molecule has 5 aliphatic rings. The van der Waals surface area contributed by atoms with E-state index < -0.39 is 23.2 Å². The van der Waals surface area contributed by atoms with Gasteiger partial charge in [0.15, 0.2) is 0 Å². The lowest BCUT2D eigenvalue weighted by molar-refractivity contribution is -0.138. The summed E-state index contributed by atoms with van der Waals surface area (Å²) in [5.74, 6) is -0.530. The Morgan fingerprint density at radius 1 is 1.09 bits per heavy atom. The number of epoxide rings is 2. The largest absolute Gasteiger partial charge is 0.443 e. The zero-order chi connectivity index (χ0) is 32.2. The molecule has 0 aromatic rings. The van der Waals surface area contributed by atoms with E-state index in [-0.39, 0.29) is 72.3 Å². The number of fused-ring (bicyclic) bond motifs is 2. The lowest BCUT2D eigenvalue weighted by Gasteiger charge is -2.43. The molecule has 0 aromatic heterocycles. The minimum Gasteiger partial charge on any atom is -0.443 e. The number of ketones is 1. The zero-order valence-electron chi connectivity index (χ0n) is 27.6. The molecule has 0 aromatic carbocycles. The van der Waals surface area contributed by atoms with E-state index in [1.54, 1.807) is 23.8 Å². The summed E-state index contributed by atoms with van der Waals surface area (Å²) in [4.78, 5) is 54.8. The average molecular weight is 618 g/mol. The van der Waals surface area contributed by atoms with Gasteiger partial charge >= 0.3 is 6.09 Å². The summed E-state index contributed by atoms with van der Waals surface area (Å²) in [5.41, 5.74) is 0.0526. The first kappa shape index (κ1) is 32.9. The molecular weight excluding hydrogens is 566 g/mol. The van der Waals surface area contributed by atoms with Gasteiger partial charge in [0.05, 0.1) is 30.7 Å². The first-order valence-corrected chi connectivity index (χ1v) is 16.2. The topological polar surface area (TPSA) is 130 Å². The van der Waals surface area contributed by atoms with E-state index in [1.807, 2.05) is 20.8 Å². The smallest absolute Gasteiger partial charge is 0.410 e. The van der Waals surface area contributed by atoms with Crippen LogP contribution in [0.5, 0.6) is 0 Å². The van der Waals surface area contributed by atoms with Gasteiger partial charge in [-0.15, -0.1) is 0 Å². The highest BCUT2D eigenvalue weighted by Gasteiger charge is 2.72. The number of likely N-dealkylation sites (tertiary alicyclic amines) is 2. The molecule has 4 aliphatic heterocycles. The number of piperazine rings is 1. The molecule has 4 saturated heterocycles. The minimum absolute atomic E-state index is 0.00939. The van der Waals surface area contributed by atoms with E-state index in [2.05, 4.69) is 32.2 Å². The highest BCUT2D eigenvalue weighted by molar-refractivity contribution is 5.91. The van der Waals surface area contributed by atoms with Gasteiger partial charge in [0.1, 0.15) is 35.2 Å². The fraction of sp³-hybridized carbons (Fsp3) is 0.818. The van der Waals surface area contributed by atoms with Gasteiger partial charge in [0.25, 0.3) is 0 Å². The summed E-state index contributed by atoms with van der Waals surface area (Å²) in [6.45, 7) is 14.9. The van der Waals surface area contributed by atoms with Crippen LogP contribution in [0.15, 0.2) is 11.6 Å². The second kappa shape index (κ2) is 12.0. The summed E-state index contributed by atoms with van der Waals surface area (Å²) >= 11 is 0. The third kappa shape index (κ3) is 6.42. The lowest BCUT2D eigenvalue weighted by atomic mass is 9.68. The van der Waals surface area contributed by atoms with E-state index in [1.165, 1.54) is 5.57 Å². The van der Waals surface area contributed by atoms with Gasteiger partial charge in [0.2, 0.25) is 11.8 Å². The molecular formula is C33H51N3O8. The zero-order valence-corrected chi connectivity index (χ0v) is 27.6. The molecule has 1 saturated carbocycles. The third-order valence-electron chi connectivity index (χ3n) is 10.4. The average Bonchev–Trinajstić information content (AvgIpc) is 3.76. The monoisotopic (exact) mass is 617 g/mol. The molecule has 5 fully saturated rings. The van der Waals surface area contributed by atoms with Crippen LogP contribution in [0.25, 0.3) is 0 Å². The molecule has 3 amide bonds. The molecule has 246 valence electrons. The predicted octanol–water partition coefficient (Wildman–Crippen LogP) is 3.38. The quantitative estimate of drug-likeness (QED) is 0.292. The Bertz CT molecular complexity index is 1190. The molecule has 5 rings (SSSR count). The van der Waals surface area contributed by atoms with Crippen molar-refractivity contribution >= 4 is 23.7 Å². The van der Waals surface area contributed by atoms with Gasteiger partial charge in [-0.3, -0.25) is 14.4 Å². The fourth-order valence-corrected chi connectivity index (χ4v) is 7.65. The number of hydrogen-bond donors (Lipinski definition) is 1. The number of nitrogens with one attached hydrogen (secondary N) is 1. The first-order valence-electron chi connectivity index (χ1n) is 16.2. The third-order valence-corrected chi connectivity index (χ3v) is 10.4. The molecule has 11 nitrogen and oxygen atoms in total. The second-order valence-corrected chi connectivity index (χ2v) is 14.9. The van der Waals surface area contributed by atoms with Crippen LogP contribution >= 0.6 is 0 Å². The van der Waals surface area contributed by atoms with Crippen molar-refractivity contribution in [1.82, 2.24) is 15.1 Å². The van der Waals surface area contributed by atoms with Crippen LogP contribution in [0.2, 0.25) is 0 Å². The Morgan fingerprint density at radius 3 is 2.32 bits per heavy atom. The Labute approximate surface area is 261 Å². The van der Waals surface area contributed by atoms with E-state index in [4.69, 9.17) is 18.9 Å². The maximum absolute atomic E-state index is 13.5. The van der Waals surface area contributed by atoms with Crippen LogP contribution in [-0.4, -0.2) is 108 Å². The van der Waals surface area contributed by atoms with Crippen LogP contribution in [-0.2, 0) is 33.3 Å². The van der Waals surface area contributed by atoms with Crippen molar-refractivity contribution < 1.29 is 38.1 Å². The Balaban J connectivity index is 1.14. The van der Waals surface area contributed by atoms with Crippen molar-refractivity contribution in [3.63, 3.8) is 0 Å². The van der Waals surface area contributed by atoms with E-state index in [0.717, 1.165) is 12.8 Å². The number of nitrogens with zero attached hydrogens (tertiary/aromatic N) is 2. The number of hydrogen-bond acceptors (Lipinski definition) is 8. The van der Waals surface area contributed by atoms with Crippen LogP contribution in [0.1, 0.15) is 87.0 Å². The van der Waals surface area contributed by atoms with Crippen molar-refractivity contribution in [3.8, 4) is 0 Å². The van der Waals surface area contributed by atoms with E-state index >= 15 is 0 Å². The summed E-state index contributed by atoms with van der Waals surface area (Å²) in [7, 11) is 1.67. The molecule has 9 atom stereocenters.